The predicted octanol–water partition coefficient (Wildman–Crippen LogP) is 2.14. The maximum atomic E-state index is 11.9. The Bertz CT molecular complexity index is 474. The Morgan fingerprint density at radius 3 is 2.43 bits per heavy atom. The second-order valence-corrected chi connectivity index (χ2v) is 5.55. The van der Waals surface area contributed by atoms with Crippen LogP contribution in [0.5, 0.6) is 0 Å². The van der Waals surface area contributed by atoms with Crippen LogP contribution in [0.2, 0.25) is 5.02 Å². The third-order valence-corrected chi connectivity index (χ3v) is 3.34. The van der Waals surface area contributed by atoms with E-state index in [1.807, 2.05) is 30.9 Å². The van der Waals surface area contributed by atoms with Crippen LogP contribution in [0, 0.1) is 0 Å². The van der Waals surface area contributed by atoms with Crippen molar-refractivity contribution in [2.24, 2.45) is 0 Å². The topological polar surface area (TPSA) is 69.6 Å². The number of aliphatic carboxylic acids is 1. The molecule has 0 bridgehead atoms. The van der Waals surface area contributed by atoms with Gasteiger partial charge in [0, 0.05) is 24.2 Å². The summed E-state index contributed by atoms with van der Waals surface area (Å²) in [4.78, 5) is 24.4. The van der Waals surface area contributed by atoms with Crippen molar-refractivity contribution in [2.45, 2.75) is 32.9 Å². The number of benzene rings is 1. The Labute approximate surface area is 129 Å². The summed E-state index contributed by atoms with van der Waals surface area (Å²) in [5.41, 5.74) is 0.967. The van der Waals surface area contributed by atoms with Crippen molar-refractivity contribution < 1.29 is 14.7 Å². The van der Waals surface area contributed by atoms with Crippen molar-refractivity contribution in [3.63, 3.8) is 0 Å². The molecular weight excluding hydrogens is 292 g/mol. The molecule has 0 unspecified atom stereocenters. The third kappa shape index (κ3) is 7.11. The molecule has 0 aliphatic carbocycles. The molecule has 2 N–H and O–H groups in total. The highest BCUT2D eigenvalue weighted by Gasteiger charge is 2.15. The van der Waals surface area contributed by atoms with Gasteiger partial charge in [-0.05, 0) is 31.5 Å². The molecule has 1 amide bonds. The first-order chi connectivity index (χ1) is 9.88. The lowest BCUT2D eigenvalue weighted by Crippen LogP contribution is -2.41. The fourth-order valence-electron chi connectivity index (χ4n) is 1.80. The molecule has 0 saturated heterocycles. The summed E-state index contributed by atoms with van der Waals surface area (Å²) in [6.07, 6.45) is 0.0304. The number of rotatable bonds is 8. The van der Waals surface area contributed by atoms with Crippen molar-refractivity contribution in [1.29, 1.82) is 0 Å². The molecule has 0 heterocycles. The summed E-state index contributed by atoms with van der Waals surface area (Å²) in [5.74, 6) is -0.980. The van der Waals surface area contributed by atoms with Crippen LogP contribution in [-0.2, 0) is 16.1 Å². The lowest BCUT2D eigenvalue weighted by Gasteiger charge is -2.25. The number of carbonyl (C=O) groups is 2. The zero-order valence-corrected chi connectivity index (χ0v) is 13.1. The van der Waals surface area contributed by atoms with Gasteiger partial charge in [0.15, 0.2) is 0 Å². The first-order valence-electron chi connectivity index (χ1n) is 6.85. The van der Waals surface area contributed by atoms with Crippen LogP contribution in [-0.4, -0.2) is 41.0 Å². The van der Waals surface area contributed by atoms with Crippen LogP contribution in [0.3, 0.4) is 0 Å². The summed E-state index contributed by atoms with van der Waals surface area (Å²) < 4.78 is 0. The molecule has 5 nitrogen and oxygen atoms in total. The van der Waals surface area contributed by atoms with E-state index in [4.69, 9.17) is 16.7 Å². The van der Waals surface area contributed by atoms with Gasteiger partial charge in [0.05, 0.1) is 13.0 Å². The summed E-state index contributed by atoms with van der Waals surface area (Å²) in [5, 5.41) is 12.2. The fourth-order valence-corrected chi connectivity index (χ4v) is 1.93. The standard InChI is InChI=1S/C15H21ClN2O3/c1-11(2)18(8-7-15(20)21)10-14(19)17-9-12-3-5-13(16)6-4-12/h3-6,11H,7-10H2,1-2H3,(H,17,19)(H,20,21). The lowest BCUT2D eigenvalue weighted by atomic mass is 10.2. The van der Waals surface area contributed by atoms with Crippen LogP contribution >= 0.6 is 11.6 Å². The monoisotopic (exact) mass is 312 g/mol. The van der Waals surface area contributed by atoms with Gasteiger partial charge in [-0.3, -0.25) is 14.5 Å². The van der Waals surface area contributed by atoms with Crippen molar-refractivity contribution in [3.8, 4) is 0 Å². The van der Waals surface area contributed by atoms with E-state index in [0.29, 0.717) is 18.1 Å². The van der Waals surface area contributed by atoms with E-state index in [-0.39, 0.29) is 24.9 Å². The number of nitrogens with zero attached hydrogens (tertiary/aromatic N) is 1. The molecule has 0 aliphatic heterocycles. The van der Waals surface area contributed by atoms with E-state index in [2.05, 4.69) is 5.32 Å². The molecular formula is C15H21ClN2O3. The Balaban J connectivity index is 2.42. The Morgan fingerprint density at radius 1 is 1.29 bits per heavy atom. The average molecular weight is 313 g/mol. The van der Waals surface area contributed by atoms with E-state index < -0.39 is 5.97 Å². The zero-order chi connectivity index (χ0) is 15.8. The number of hydrogen-bond acceptors (Lipinski definition) is 3. The Hall–Kier alpha value is -1.59. The minimum absolute atomic E-state index is 0.0304. The minimum Gasteiger partial charge on any atom is -0.481 e. The number of nitrogens with one attached hydrogen (secondary N) is 1. The summed E-state index contributed by atoms with van der Waals surface area (Å²) in [6.45, 7) is 4.86. The van der Waals surface area contributed by atoms with Crippen LogP contribution in [0.1, 0.15) is 25.8 Å². The Morgan fingerprint density at radius 2 is 1.90 bits per heavy atom. The number of carboxylic acids is 1. The van der Waals surface area contributed by atoms with Crippen molar-refractivity contribution >= 4 is 23.5 Å². The van der Waals surface area contributed by atoms with Gasteiger partial charge in [0.2, 0.25) is 5.91 Å². The van der Waals surface area contributed by atoms with Crippen LogP contribution in [0.4, 0.5) is 0 Å². The SMILES string of the molecule is CC(C)N(CCC(=O)O)CC(=O)NCc1ccc(Cl)cc1. The van der Waals surface area contributed by atoms with Gasteiger partial charge in [-0.1, -0.05) is 23.7 Å². The van der Waals surface area contributed by atoms with Gasteiger partial charge >= 0.3 is 5.97 Å². The van der Waals surface area contributed by atoms with E-state index in [0.717, 1.165) is 5.56 Å². The number of hydrogen-bond donors (Lipinski definition) is 2. The van der Waals surface area contributed by atoms with Crippen LogP contribution < -0.4 is 5.32 Å². The molecule has 21 heavy (non-hydrogen) atoms. The quantitative estimate of drug-likeness (QED) is 0.771. The minimum atomic E-state index is -0.859. The van der Waals surface area contributed by atoms with Gasteiger partial charge in [0.25, 0.3) is 0 Å². The number of carboxylic acid groups (broad SMARTS) is 1. The van der Waals surface area contributed by atoms with E-state index in [9.17, 15) is 9.59 Å². The first-order valence-corrected chi connectivity index (χ1v) is 7.23. The number of carbonyl (C=O) groups excluding carboxylic acids is 1. The Kier molecular flexibility index (Phi) is 7.19. The van der Waals surface area contributed by atoms with Gasteiger partial charge in [-0.2, -0.15) is 0 Å². The maximum Gasteiger partial charge on any atom is 0.304 e. The van der Waals surface area contributed by atoms with Crippen LogP contribution in [0.15, 0.2) is 24.3 Å². The molecule has 1 aromatic carbocycles. The highest BCUT2D eigenvalue weighted by atomic mass is 35.5. The molecule has 1 aromatic rings. The highest BCUT2D eigenvalue weighted by molar-refractivity contribution is 6.30. The molecule has 6 heteroatoms. The van der Waals surface area contributed by atoms with E-state index in [1.165, 1.54) is 0 Å². The van der Waals surface area contributed by atoms with Gasteiger partial charge in [-0.15, -0.1) is 0 Å². The smallest absolute Gasteiger partial charge is 0.304 e. The summed E-state index contributed by atoms with van der Waals surface area (Å²) >= 11 is 5.80. The van der Waals surface area contributed by atoms with Gasteiger partial charge in [0.1, 0.15) is 0 Å². The molecule has 0 aliphatic rings. The van der Waals surface area contributed by atoms with Crippen molar-refractivity contribution in [2.75, 3.05) is 13.1 Å². The molecule has 0 fully saturated rings. The second kappa shape index (κ2) is 8.64. The molecule has 0 spiro atoms. The largest absolute Gasteiger partial charge is 0.481 e. The van der Waals surface area contributed by atoms with Gasteiger partial charge < -0.3 is 10.4 Å². The average Bonchev–Trinajstić information content (AvgIpc) is 2.42. The van der Waals surface area contributed by atoms with E-state index >= 15 is 0 Å². The first kappa shape index (κ1) is 17.5. The molecule has 0 radical (unpaired) electrons. The number of halogens is 1. The zero-order valence-electron chi connectivity index (χ0n) is 12.3. The molecule has 0 atom stereocenters. The predicted molar refractivity (Wildman–Crippen MR) is 82.3 cm³/mol. The second-order valence-electron chi connectivity index (χ2n) is 5.11. The summed E-state index contributed by atoms with van der Waals surface area (Å²) in [6, 6.07) is 7.37. The maximum absolute atomic E-state index is 11.9. The fraction of sp³-hybridized carbons (Fsp3) is 0.467. The molecule has 0 aromatic heterocycles. The van der Waals surface area contributed by atoms with Gasteiger partial charge in [-0.25, -0.2) is 0 Å². The van der Waals surface area contributed by atoms with Crippen molar-refractivity contribution in [3.05, 3.63) is 34.9 Å². The molecule has 1 rings (SSSR count). The molecule has 116 valence electrons. The lowest BCUT2D eigenvalue weighted by molar-refractivity contribution is -0.138. The normalized spacial score (nSPS) is 10.9. The molecule has 0 saturated carbocycles. The third-order valence-electron chi connectivity index (χ3n) is 3.09. The number of amides is 1. The summed E-state index contributed by atoms with van der Waals surface area (Å²) in [7, 11) is 0. The highest BCUT2D eigenvalue weighted by Crippen LogP contribution is 2.09. The van der Waals surface area contributed by atoms with Crippen molar-refractivity contribution in [1.82, 2.24) is 10.2 Å². The van der Waals surface area contributed by atoms with E-state index in [1.54, 1.807) is 12.1 Å². The van der Waals surface area contributed by atoms with Crippen LogP contribution in [0.25, 0.3) is 0 Å².